The zero-order chi connectivity index (χ0) is 13.1. The van der Waals surface area contributed by atoms with Gasteiger partial charge in [-0.1, -0.05) is 12.1 Å². The maximum absolute atomic E-state index is 13.8. The Morgan fingerprint density at radius 2 is 2.00 bits per heavy atom. The summed E-state index contributed by atoms with van der Waals surface area (Å²) in [6.45, 7) is 1.67. The van der Waals surface area contributed by atoms with Gasteiger partial charge in [0.2, 0.25) is 0 Å². The fourth-order valence-electron chi connectivity index (χ4n) is 1.49. The number of hydrogen-bond acceptors (Lipinski definition) is 2. The first-order valence-corrected chi connectivity index (χ1v) is 6.09. The molecule has 2 aromatic carbocycles. The van der Waals surface area contributed by atoms with Gasteiger partial charge in [0.15, 0.2) is 11.6 Å². The quantitative estimate of drug-likeness (QED) is 0.780. The molecule has 0 saturated carbocycles. The number of carbonyl (C=O) groups is 1. The lowest BCUT2D eigenvalue weighted by Gasteiger charge is -2.09. The Kier molecular flexibility index (Phi) is 3.77. The Morgan fingerprint density at radius 1 is 1.22 bits per heavy atom. The molecule has 0 fully saturated rings. The van der Waals surface area contributed by atoms with Crippen molar-refractivity contribution < 1.29 is 13.9 Å². The topological polar surface area (TPSA) is 26.3 Å². The molecule has 0 unspecified atom stereocenters. The summed E-state index contributed by atoms with van der Waals surface area (Å²) in [6, 6.07) is 9.81. The van der Waals surface area contributed by atoms with E-state index >= 15 is 0 Å². The standard InChI is InChI=1S/C14H10BrFO2/c1-9-3-2-4-13(14(9)16)18-12-6-5-10(8-17)7-11(12)15/h2-8H,1H3. The van der Waals surface area contributed by atoms with Gasteiger partial charge in [0, 0.05) is 5.56 Å². The molecule has 2 aromatic rings. The van der Waals surface area contributed by atoms with Gasteiger partial charge < -0.3 is 4.74 Å². The van der Waals surface area contributed by atoms with Crippen molar-refractivity contribution in [3.8, 4) is 11.5 Å². The van der Waals surface area contributed by atoms with Crippen LogP contribution in [0, 0.1) is 12.7 Å². The molecule has 92 valence electrons. The molecule has 0 radical (unpaired) electrons. The Morgan fingerprint density at radius 3 is 2.67 bits per heavy atom. The van der Waals surface area contributed by atoms with Crippen LogP contribution in [-0.2, 0) is 0 Å². The second-order valence-corrected chi connectivity index (χ2v) is 4.65. The largest absolute Gasteiger partial charge is 0.453 e. The third-order valence-corrected chi connectivity index (χ3v) is 3.09. The zero-order valence-corrected chi connectivity index (χ0v) is 11.2. The van der Waals surface area contributed by atoms with Crippen molar-refractivity contribution in [1.82, 2.24) is 0 Å². The molecule has 0 atom stereocenters. The third-order valence-electron chi connectivity index (χ3n) is 2.47. The van der Waals surface area contributed by atoms with Crippen molar-refractivity contribution in [1.29, 1.82) is 0 Å². The maximum atomic E-state index is 13.8. The van der Waals surface area contributed by atoms with E-state index in [0.717, 1.165) is 6.29 Å². The molecule has 0 aliphatic carbocycles. The van der Waals surface area contributed by atoms with Gasteiger partial charge in [-0.2, -0.15) is 0 Å². The molecule has 2 rings (SSSR count). The van der Waals surface area contributed by atoms with Crippen molar-refractivity contribution in [2.75, 3.05) is 0 Å². The summed E-state index contributed by atoms with van der Waals surface area (Å²) in [6.07, 6.45) is 0.738. The fourth-order valence-corrected chi connectivity index (χ4v) is 1.97. The Labute approximate surface area is 113 Å². The van der Waals surface area contributed by atoms with Crippen LogP contribution in [0.15, 0.2) is 40.9 Å². The molecule has 0 N–H and O–H groups in total. The Bertz CT molecular complexity index is 596. The molecule has 0 aliphatic rings. The van der Waals surface area contributed by atoms with Crippen LogP contribution in [0.5, 0.6) is 11.5 Å². The highest BCUT2D eigenvalue weighted by molar-refractivity contribution is 9.10. The summed E-state index contributed by atoms with van der Waals surface area (Å²) in [5.74, 6) is 0.239. The van der Waals surface area contributed by atoms with Gasteiger partial charge in [-0.3, -0.25) is 4.79 Å². The minimum atomic E-state index is -0.385. The molecule has 2 nitrogen and oxygen atoms in total. The predicted octanol–water partition coefficient (Wildman–Crippen LogP) is 4.50. The van der Waals surface area contributed by atoms with Crippen LogP contribution in [0.1, 0.15) is 15.9 Å². The molecule has 18 heavy (non-hydrogen) atoms. The van der Waals surface area contributed by atoms with E-state index in [2.05, 4.69) is 15.9 Å². The first-order valence-electron chi connectivity index (χ1n) is 5.29. The van der Waals surface area contributed by atoms with Crippen LogP contribution in [0.25, 0.3) is 0 Å². The summed E-state index contributed by atoms with van der Waals surface area (Å²) in [7, 11) is 0. The van der Waals surface area contributed by atoms with Crippen LogP contribution < -0.4 is 4.74 Å². The van der Waals surface area contributed by atoms with Gasteiger partial charge in [0.1, 0.15) is 12.0 Å². The van der Waals surface area contributed by atoms with Gasteiger partial charge in [-0.15, -0.1) is 0 Å². The van der Waals surface area contributed by atoms with Crippen molar-refractivity contribution in [2.45, 2.75) is 6.92 Å². The molecule has 0 heterocycles. The van der Waals surface area contributed by atoms with Gasteiger partial charge in [0.05, 0.1) is 4.47 Å². The molecule has 0 amide bonds. The van der Waals surface area contributed by atoms with Gasteiger partial charge in [-0.25, -0.2) is 4.39 Å². The summed E-state index contributed by atoms with van der Waals surface area (Å²) >= 11 is 3.28. The first kappa shape index (κ1) is 12.8. The maximum Gasteiger partial charge on any atom is 0.168 e. The molecular weight excluding hydrogens is 299 g/mol. The summed E-state index contributed by atoms with van der Waals surface area (Å²) in [4.78, 5) is 10.6. The number of carbonyl (C=O) groups excluding carboxylic acids is 1. The normalized spacial score (nSPS) is 10.2. The Balaban J connectivity index is 2.34. The van der Waals surface area contributed by atoms with E-state index in [0.29, 0.717) is 21.3 Å². The molecule has 0 aromatic heterocycles. The SMILES string of the molecule is Cc1cccc(Oc2ccc(C=O)cc2Br)c1F. The van der Waals surface area contributed by atoms with Gasteiger partial charge >= 0.3 is 0 Å². The summed E-state index contributed by atoms with van der Waals surface area (Å²) < 4.78 is 19.9. The predicted molar refractivity (Wildman–Crippen MR) is 70.7 cm³/mol. The summed E-state index contributed by atoms with van der Waals surface area (Å²) in [5, 5.41) is 0. The fraction of sp³-hybridized carbons (Fsp3) is 0.0714. The van der Waals surface area contributed by atoms with Crippen LogP contribution in [0.4, 0.5) is 4.39 Å². The highest BCUT2D eigenvalue weighted by atomic mass is 79.9. The zero-order valence-electron chi connectivity index (χ0n) is 9.61. The number of ether oxygens (including phenoxy) is 1. The highest BCUT2D eigenvalue weighted by Gasteiger charge is 2.09. The minimum absolute atomic E-state index is 0.162. The van der Waals surface area contributed by atoms with Crippen LogP contribution in [-0.4, -0.2) is 6.29 Å². The van der Waals surface area contributed by atoms with E-state index in [4.69, 9.17) is 4.74 Å². The lowest BCUT2D eigenvalue weighted by molar-refractivity contribution is 0.112. The Hall–Kier alpha value is -1.68. The molecule has 4 heteroatoms. The van der Waals surface area contributed by atoms with E-state index in [9.17, 15) is 9.18 Å². The average molecular weight is 309 g/mol. The molecule has 0 bridgehead atoms. The van der Waals surface area contributed by atoms with E-state index in [-0.39, 0.29) is 11.6 Å². The average Bonchev–Trinajstić information content (AvgIpc) is 2.37. The van der Waals surface area contributed by atoms with Crippen molar-refractivity contribution in [3.05, 3.63) is 57.8 Å². The number of halogens is 2. The second kappa shape index (κ2) is 5.31. The molecule has 0 aliphatic heterocycles. The van der Waals surface area contributed by atoms with E-state index in [1.807, 2.05) is 0 Å². The number of hydrogen-bond donors (Lipinski definition) is 0. The van der Waals surface area contributed by atoms with E-state index < -0.39 is 0 Å². The lowest BCUT2D eigenvalue weighted by atomic mass is 10.2. The molecular formula is C14H10BrFO2. The second-order valence-electron chi connectivity index (χ2n) is 3.80. The highest BCUT2D eigenvalue weighted by Crippen LogP contribution is 2.32. The molecule has 0 saturated heterocycles. The lowest BCUT2D eigenvalue weighted by Crippen LogP contribution is -1.92. The number of aryl methyl sites for hydroxylation is 1. The van der Waals surface area contributed by atoms with Crippen molar-refractivity contribution in [2.24, 2.45) is 0 Å². The van der Waals surface area contributed by atoms with Gasteiger partial charge in [0.25, 0.3) is 0 Å². The van der Waals surface area contributed by atoms with E-state index in [1.54, 1.807) is 43.3 Å². The molecule has 0 spiro atoms. The number of rotatable bonds is 3. The van der Waals surface area contributed by atoms with Crippen molar-refractivity contribution in [3.63, 3.8) is 0 Å². The smallest absolute Gasteiger partial charge is 0.168 e. The van der Waals surface area contributed by atoms with Gasteiger partial charge in [-0.05, 0) is 52.7 Å². The van der Waals surface area contributed by atoms with E-state index in [1.165, 1.54) is 0 Å². The van der Waals surface area contributed by atoms with Crippen LogP contribution in [0.2, 0.25) is 0 Å². The number of benzene rings is 2. The summed E-state index contributed by atoms with van der Waals surface area (Å²) in [5.41, 5.74) is 1.05. The monoisotopic (exact) mass is 308 g/mol. The number of aldehydes is 1. The minimum Gasteiger partial charge on any atom is -0.453 e. The van der Waals surface area contributed by atoms with Crippen LogP contribution in [0.3, 0.4) is 0 Å². The van der Waals surface area contributed by atoms with Crippen LogP contribution >= 0.6 is 15.9 Å². The third kappa shape index (κ3) is 2.59. The first-order chi connectivity index (χ1) is 8.61. The van der Waals surface area contributed by atoms with Crippen molar-refractivity contribution >= 4 is 22.2 Å².